The summed E-state index contributed by atoms with van der Waals surface area (Å²) in [7, 11) is 0. The summed E-state index contributed by atoms with van der Waals surface area (Å²) in [6.07, 6.45) is 9.33. The summed E-state index contributed by atoms with van der Waals surface area (Å²) in [6, 6.07) is 0.864. The molecule has 0 aromatic carbocycles. The lowest BCUT2D eigenvalue weighted by atomic mass is 9.69. The second kappa shape index (κ2) is 4.79. The minimum Gasteiger partial charge on any atom is -0.392 e. The molecule has 18 heavy (non-hydrogen) atoms. The highest BCUT2D eigenvalue weighted by Crippen LogP contribution is 2.41. The fourth-order valence-electron chi connectivity index (χ4n) is 3.70. The van der Waals surface area contributed by atoms with E-state index in [1.807, 2.05) is 0 Å². The smallest absolute Gasteiger partial charge is 0.0631 e. The second-order valence-electron chi connectivity index (χ2n) is 7.71. The summed E-state index contributed by atoms with van der Waals surface area (Å²) < 4.78 is 0. The molecule has 2 nitrogen and oxygen atoms in total. The monoisotopic (exact) mass is 251 g/mol. The molecule has 0 spiro atoms. The number of aliphatic hydroxyl groups excluding tert-OH is 1. The predicted octanol–water partition coefficient (Wildman–Crippen LogP) is 3.05. The van der Waals surface area contributed by atoms with Gasteiger partial charge in [0.25, 0.3) is 0 Å². The van der Waals surface area contributed by atoms with Crippen LogP contribution in [0.1, 0.15) is 58.8 Å². The van der Waals surface area contributed by atoms with E-state index >= 15 is 0 Å². The topological polar surface area (TPSA) is 23.5 Å². The largest absolute Gasteiger partial charge is 0.392 e. The van der Waals surface area contributed by atoms with Gasteiger partial charge >= 0.3 is 0 Å². The summed E-state index contributed by atoms with van der Waals surface area (Å²) in [5, 5.41) is 10.6. The maximum absolute atomic E-state index is 10.6. The maximum Gasteiger partial charge on any atom is 0.0631 e. The molecule has 3 aliphatic rings. The van der Waals surface area contributed by atoms with E-state index in [0.717, 1.165) is 18.5 Å². The standard InChI is InChI=1S/C16H29NO/c1-16(2)9-3-4-13(15(16)18)11-17(14-7-8-14)10-12-5-6-12/h12-15,18H,3-11H2,1-2H3. The van der Waals surface area contributed by atoms with Gasteiger partial charge in [0.1, 0.15) is 0 Å². The van der Waals surface area contributed by atoms with Crippen molar-refractivity contribution in [2.75, 3.05) is 13.1 Å². The zero-order chi connectivity index (χ0) is 12.8. The van der Waals surface area contributed by atoms with Gasteiger partial charge in [0.15, 0.2) is 0 Å². The highest BCUT2D eigenvalue weighted by atomic mass is 16.3. The van der Waals surface area contributed by atoms with Gasteiger partial charge in [-0.15, -0.1) is 0 Å². The Kier molecular flexibility index (Phi) is 3.44. The highest BCUT2D eigenvalue weighted by molar-refractivity contribution is 4.94. The molecule has 0 heterocycles. The van der Waals surface area contributed by atoms with Crippen LogP contribution in [0.25, 0.3) is 0 Å². The fraction of sp³-hybridized carbons (Fsp3) is 1.00. The van der Waals surface area contributed by atoms with Gasteiger partial charge in [-0.1, -0.05) is 20.3 Å². The molecular weight excluding hydrogens is 222 g/mol. The lowest BCUT2D eigenvalue weighted by molar-refractivity contribution is -0.0441. The Morgan fingerprint density at radius 3 is 2.39 bits per heavy atom. The number of aliphatic hydroxyl groups is 1. The molecule has 0 aliphatic heterocycles. The van der Waals surface area contributed by atoms with Crippen LogP contribution in [0.5, 0.6) is 0 Å². The zero-order valence-electron chi connectivity index (χ0n) is 12.1. The van der Waals surface area contributed by atoms with Gasteiger partial charge in [-0.3, -0.25) is 4.90 Å². The Bertz CT molecular complexity index is 293. The van der Waals surface area contributed by atoms with Crippen molar-refractivity contribution in [3.05, 3.63) is 0 Å². The van der Waals surface area contributed by atoms with Crippen molar-refractivity contribution >= 4 is 0 Å². The van der Waals surface area contributed by atoms with E-state index in [1.54, 1.807) is 0 Å². The zero-order valence-corrected chi connectivity index (χ0v) is 12.1. The lowest BCUT2D eigenvalue weighted by Gasteiger charge is -2.42. The molecule has 1 N–H and O–H groups in total. The summed E-state index contributed by atoms with van der Waals surface area (Å²) in [6.45, 7) is 6.96. The first-order chi connectivity index (χ1) is 8.56. The summed E-state index contributed by atoms with van der Waals surface area (Å²) >= 11 is 0. The van der Waals surface area contributed by atoms with Crippen LogP contribution in [0, 0.1) is 17.3 Å². The van der Waals surface area contributed by atoms with Crippen LogP contribution in [0.4, 0.5) is 0 Å². The van der Waals surface area contributed by atoms with Crippen LogP contribution in [0.3, 0.4) is 0 Å². The number of hydrogen-bond donors (Lipinski definition) is 1. The van der Waals surface area contributed by atoms with Crippen LogP contribution < -0.4 is 0 Å². The van der Waals surface area contributed by atoms with Gasteiger partial charge in [0, 0.05) is 19.1 Å². The molecule has 0 radical (unpaired) electrons. The quantitative estimate of drug-likeness (QED) is 0.812. The van der Waals surface area contributed by atoms with E-state index in [-0.39, 0.29) is 11.5 Å². The molecule has 0 aromatic rings. The lowest BCUT2D eigenvalue weighted by Crippen LogP contribution is -2.46. The molecule has 2 atom stereocenters. The third-order valence-electron chi connectivity index (χ3n) is 5.37. The first kappa shape index (κ1) is 12.9. The van der Waals surface area contributed by atoms with Crippen LogP contribution in [0.2, 0.25) is 0 Å². The van der Waals surface area contributed by atoms with E-state index < -0.39 is 0 Å². The average Bonchev–Trinajstić information content (AvgIpc) is 3.13. The normalized spacial score (nSPS) is 36.0. The van der Waals surface area contributed by atoms with Gasteiger partial charge in [-0.05, 0) is 55.8 Å². The number of hydrogen-bond acceptors (Lipinski definition) is 2. The number of nitrogens with zero attached hydrogens (tertiary/aromatic N) is 1. The van der Waals surface area contributed by atoms with Crippen molar-refractivity contribution in [1.29, 1.82) is 0 Å². The molecule has 2 heteroatoms. The molecule has 2 unspecified atom stereocenters. The molecule has 0 bridgehead atoms. The summed E-state index contributed by atoms with van der Waals surface area (Å²) in [5.74, 6) is 1.51. The minimum absolute atomic E-state index is 0.0910. The van der Waals surface area contributed by atoms with Crippen molar-refractivity contribution in [3.63, 3.8) is 0 Å². The van der Waals surface area contributed by atoms with Crippen molar-refractivity contribution < 1.29 is 5.11 Å². The van der Waals surface area contributed by atoms with Crippen molar-refractivity contribution in [1.82, 2.24) is 4.90 Å². The molecule has 0 aromatic heterocycles. The molecule has 3 aliphatic carbocycles. The first-order valence-electron chi connectivity index (χ1n) is 7.98. The molecular formula is C16H29NO. The van der Waals surface area contributed by atoms with Gasteiger partial charge in [0.2, 0.25) is 0 Å². The summed E-state index contributed by atoms with van der Waals surface area (Å²) in [5.41, 5.74) is 0.137. The van der Waals surface area contributed by atoms with E-state index in [2.05, 4.69) is 18.7 Å². The van der Waals surface area contributed by atoms with Gasteiger partial charge in [-0.25, -0.2) is 0 Å². The second-order valence-corrected chi connectivity index (χ2v) is 7.71. The molecule has 3 fully saturated rings. The first-order valence-corrected chi connectivity index (χ1v) is 7.98. The van der Waals surface area contributed by atoms with E-state index in [9.17, 15) is 5.11 Å². The molecule has 0 saturated heterocycles. The van der Waals surface area contributed by atoms with Crippen LogP contribution >= 0.6 is 0 Å². The van der Waals surface area contributed by atoms with Crippen molar-refractivity contribution in [2.45, 2.75) is 70.9 Å². The van der Waals surface area contributed by atoms with Crippen LogP contribution in [-0.4, -0.2) is 35.2 Å². The Balaban J connectivity index is 1.58. The van der Waals surface area contributed by atoms with E-state index in [0.29, 0.717) is 5.92 Å². The van der Waals surface area contributed by atoms with Gasteiger partial charge < -0.3 is 5.11 Å². The Labute approximate surface area is 112 Å². The highest BCUT2D eigenvalue weighted by Gasteiger charge is 2.41. The maximum atomic E-state index is 10.6. The van der Waals surface area contributed by atoms with Gasteiger partial charge in [-0.2, -0.15) is 0 Å². The van der Waals surface area contributed by atoms with E-state index in [1.165, 1.54) is 51.5 Å². The molecule has 3 rings (SSSR count). The Hall–Kier alpha value is -0.0800. The molecule has 0 amide bonds. The molecule has 104 valence electrons. The van der Waals surface area contributed by atoms with Crippen molar-refractivity contribution in [2.24, 2.45) is 17.3 Å². The third-order valence-corrected chi connectivity index (χ3v) is 5.37. The van der Waals surface area contributed by atoms with Gasteiger partial charge in [0.05, 0.1) is 6.10 Å². The number of rotatable bonds is 5. The average molecular weight is 251 g/mol. The van der Waals surface area contributed by atoms with Crippen LogP contribution in [-0.2, 0) is 0 Å². The van der Waals surface area contributed by atoms with Crippen molar-refractivity contribution in [3.8, 4) is 0 Å². The SMILES string of the molecule is CC1(C)CCCC(CN(CC2CC2)C2CC2)C1O. The Morgan fingerprint density at radius 2 is 1.78 bits per heavy atom. The predicted molar refractivity (Wildman–Crippen MR) is 74.4 cm³/mol. The summed E-state index contributed by atoms with van der Waals surface area (Å²) in [4.78, 5) is 2.72. The van der Waals surface area contributed by atoms with E-state index in [4.69, 9.17) is 0 Å². The third kappa shape index (κ3) is 2.91. The molecule has 3 saturated carbocycles. The Morgan fingerprint density at radius 1 is 1.06 bits per heavy atom. The fourth-order valence-corrected chi connectivity index (χ4v) is 3.70. The minimum atomic E-state index is -0.0910. The van der Waals surface area contributed by atoms with Crippen LogP contribution in [0.15, 0.2) is 0 Å².